The Hall–Kier alpha value is -1.20. The van der Waals surface area contributed by atoms with Crippen molar-refractivity contribution >= 4 is 17.7 Å². The standard InChI is InChI=1S/C25H38O8S/c1-14-13-17(28-6)20(33-24(27)25(3,4)5)22(30-14)32-19-15(2)31-23(18(26)21(19)29-7)34-16-11-9-8-10-12-16/h8-12,14-15,17-23,26H,13H2,1-7H3. The van der Waals surface area contributed by atoms with Crippen molar-refractivity contribution in [2.75, 3.05) is 14.2 Å². The third-order valence-electron chi connectivity index (χ3n) is 6.03. The van der Waals surface area contributed by atoms with Crippen LogP contribution in [0.2, 0.25) is 0 Å². The first-order valence-electron chi connectivity index (χ1n) is 11.7. The van der Waals surface area contributed by atoms with Crippen molar-refractivity contribution in [2.24, 2.45) is 5.41 Å². The molecule has 1 aromatic rings. The van der Waals surface area contributed by atoms with Crippen molar-refractivity contribution in [3.8, 4) is 0 Å². The summed E-state index contributed by atoms with van der Waals surface area (Å²) in [5, 5.41) is 11.1. The molecule has 2 aliphatic heterocycles. The number of ether oxygens (including phenoxy) is 6. The molecule has 34 heavy (non-hydrogen) atoms. The van der Waals surface area contributed by atoms with Gasteiger partial charge in [0, 0.05) is 25.5 Å². The van der Waals surface area contributed by atoms with Crippen molar-refractivity contribution in [2.45, 2.75) is 100 Å². The smallest absolute Gasteiger partial charge is 0.311 e. The van der Waals surface area contributed by atoms with Crippen LogP contribution in [0.5, 0.6) is 0 Å². The average Bonchev–Trinajstić information content (AvgIpc) is 2.78. The summed E-state index contributed by atoms with van der Waals surface area (Å²) in [5.41, 5.74) is -1.23. The highest BCUT2D eigenvalue weighted by Gasteiger charge is 2.50. The van der Waals surface area contributed by atoms with Gasteiger partial charge in [0.05, 0.1) is 17.6 Å². The molecule has 192 valence electrons. The Morgan fingerprint density at radius 2 is 1.71 bits per heavy atom. The maximum atomic E-state index is 12.7. The van der Waals surface area contributed by atoms with Crippen molar-refractivity contribution in [3.63, 3.8) is 0 Å². The van der Waals surface area contributed by atoms with Crippen molar-refractivity contribution in [1.82, 2.24) is 0 Å². The Labute approximate surface area is 206 Å². The van der Waals surface area contributed by atoms with Crippen molar-refractivity contribution in [3.05, 3.63) is 30.3 Å². The van der Waals surface area contributed by atoms with Crippen LogP contribution in [0.3, 0.4) is 0 Å². The van der Waals surface area contributed by atoms with Crippen molar-refractivity contribution < 1.29 is 38.3 Å². The minimum absolute atomic E-state index is 0.174. The molecule has 0 spiro atoms. The normalized spacial score (nSPS) is 36.8. The van der Waals surface area contributed by atoms with E-state index in [4.69, 9.17) is 28.4 Å². The quantitative estimate of drug-likeness (QED) is 0.568. The van der Waals surface area contributed by atoms with Crippen LogP contribution in [0.25, 0.3) is 0 Å². The molecule has 1 aromatic carbocycles. The van der Waals surface area contributed by atoms with E-state index in [1.54, 1.807) is 27.9 Å². The number of carbonyl (C=O) groups excluding carboxylic acids is 1. The maximum Gasteiger partial charge on any atom is 0.311 e. The van der Waals surface area contributed by atoms with Gasteiger partial charge in [-0.1, -0.05) is 30.0 Å². The number of benzene rings is 1. The van der Waals surface area contributed by atoms with Gasteiger partial charge in [0.1, 0.15) is 29.9 Å². The van der Waals surface area contributed by atoms with E-state index >= 15 is 0 Å². The molecule has 9 unspecified atom stereocenters. The molecule has 1 N–H and O–H groups in total. The van der Waals surface area contributed by atoms with Crippen LogP contribution in [-0.2, 0) is 33.2 Å². The lowest BCUT2D eigenvalue weighted by atomic mass is 9.96. The molecular formula is C25H38O8S. The first kappa shape index (κ1) is 27.4. The summed E-state index contributed by atoms with van der Waals surface area (Å²) in [6.45, 7) is 9.16. The van der Waals surface area contributed by atoms with Gasteiger partial charge in [-0.25, -0.2) is 0 Å². The zero-order valence-electron chi connectivity index (χ0n) is 21.0. The minimum atomic E-state index is -0.953. The fraction of sp³-hybridized carbons (Fsp3) is 0.720. The molecule has 0 amide bonds. The van der Waals surface area contributed by atoms with E-state index in [0.29, 0.717) is 6.42 Å². The summed E-state index contributed by atoms with van der Waals surface area (Å²) < 4.78 is 35.7. The highest BCUT2D eigenvalue weighted by atomic mass is 32.2. The average molecular weight is 499 g/mol. The number of thioether (sulfide) groups is 1. The van der Waals surface area contributed by atoms with Crippen LogP contribution in [0, 0.1) is 5.41 Å². The Morgan fingerprint density at radius 1 is 1.03 bits per heavy atom. The van der Waals surface area contributed by atoms with E-state index in [0.717, 1.165) is 4.90 Å². The van der Waals surface area contributed by atoms with Crippen LogP contribution in [0.15, 0.2) is 35.2 Å². The molecule has 0 bridgehead atoms. The number of methoxy groups -OCH3 is 2. The second-order valence-corrected chi connectivity index (χ2v) is 11.0. The molecule has 2 heterocycles. The summed E-state index contributed by atoms with van der Waals surface area (Å²) in [6.07, 6.45) is -4.39. The van der Waals surface area contributed by atoms with Crippen LogP contribution < -0.4 is 0 Å². The summed E-state index contributed by atoms with van der Waals surface area (Å²) in [4.78, 5) is 13.7. The Kier molecular flexibility index (Phi) is 9.42. The minimum Gasteiger partial charge on any atom is -0.454 e. The Morgan fingerprint density at radius 3 is 2.29 bits per heavy atom. The molecule has 3 rings (SSSR count). The molecule has 8 nitrogen and oxygen atoms in total. The third-order valence-corrected chi connectivity index (χ3v) is 7.20. The van der Waals surface area contributed by atoms with E-state index in [-0.39, 0.29) is 12.1 Å². The summed E-state index contributed by atoms with van der Waals surface area (Å²) in [5.74, 6) is -0.373. The maximum absolute atomic E-state index is 12.7. The lowest BCUT2D eigenvalue weighted by Crippen LogP contribution is -2.61. The van der Waals surface area contributed by atoms with E-state index < -0.39 is 53.8 Å². The van der Waals surface area contributed by atoms with E-state index in [1.807, 2.05) is 44.2 Å². The fourth-order valence-electron chi connectivity index (χ4n) is 4.10. The second kappa shape index (κ2) is 11.7. The van der Waals surface area contributed by atoms with Gasteiger partial charge in [0.2, 0.25) is 0 Å². The van der Waals surface area contributed by atoms with Crippen LogP contribution in [-0.4, -0.2) is 79.7 Å². The molecule has 0 radical (unpaired) electrons. The molecular weight excluding hydrogens is 460 g/mol. The van der Waals surface area contributed by atoms with Gasteiger partial charge in [-0.2, -0.15) is 0 Å². The lowest BCUT2D eigenvalue weighted by molar-refractivity contribution is -0.320. The molecule has 9 heteroatoms. The van der Waals surface area contributed by atoms with Crippen LogP contribution in [0.4, 0.5) is 0 Å². The topological polar surface area (TPSA) is 92.7 Å². The fourth-order valence-corrected chi connectivity index (χ4v) is 5.21. The first-order valence-corrected chi connectivity index (χ1v) is 12.6. The Bertz CT molecular complexity index is 785. The SMILES string of the molecule is COC1CC(C)OC(OC2C(C)OC(Sc3ccccc3)C(O)C2OC)C1OC(=O)C(C)(C)C. The Balaban J connectivity index is 1.78. The van der Waals surface area contributed by atoms with E-state index in [1.165, 1.54) is 18.9 Å². The molecule has 2 fully saturated rings. The predicted molar refractivity (Wildman–Crippen MR) is 127 cm³/mol. The highest BCUT2D eigenvalue weighted by Crippen LogP contribution is 2.37. The molecule has 2 saturated heterocycles. The predicted octanol–water partition coefficient (Wildman–Crippen LogP) is 3.39. The number of hydrogen-bond acceptors (Lipinski definition) is 9. The molecule has 0 aliphatic carbocycles. The van der Waals surface area contributed by atoms with Crippen LogP contribution in [0.1, 0.15) is 41.0 Å². The zero-order valence-corrected chi connectivity index (χ0v) is 21.8. The number of esters is 1. The number of aliphatic hydroxyl groups is 1. The molecule has 2 aliphatic rings. The number of aliphatic hydroxyl groups excluding tert-OH is 1. The van der Waals surface area contributed by atoms with E-state index in [9.17, 15) is 9.90 Å². The van der Waals surface area contributed by atoms with Gasteiger partial charge in [-0.3, -0.25) is 4.79 Å². The van der Waals surface area contributed by atoms with Gasteiger partial charge in [0.25, 0.3) is 0 Å². The molecule has 9 atom stereocenters. The number of carbonyl (C=O) groups is 1. The van der Waals surface area contributed by atoms with Gasteiger partial charge in [-0.15, -0.1) is 0 Å². The summed E-state index contributed by atoms with van der Waals surface area (Å²) >= 11 is 1.43. The first-order chi connectivity index (χ1) is 16.0. The lowest BCUT2D eigenvalue weighted by Gasteiger charge is -2.46. The molecule has 0 saturated carbocycles. The largest absolute Gasteiger partial charge is 0.454 e. The molecule has 0 aromatic heterocycles. The highest BCUT2D eigenvalue weighted by molar-refractivity contribution is 7.99. The van der Waals surface area contributed by atoms with Gasteiger partial charge in [-0.05, 0) is 46.8 Å². The summed E-state index contributed by atoms with van der Waals surface area (Å²) in [7, 11) is 3.11. The third kappa shape index (κ3) is 6.51. The monoisotopic (exact) mass is 498 g/mol. The van der Waals surface area contributed by atoms with E-state index in [2.05, 4.69) is 0 Å². The number of hydrogen-bond donors (Lipinski definition) is 1. The summed E-state index contributed by atoms with van der Waals surface area (Å²) in [6, 6.07) is 9.74. The zero-order chi connectivity index (χ0) is 25.0. The van der Waals surface area contributed by atoms with Gasteiger partial charge in [0.15, 0.2) is 12.4 Å². The van der Waals surface area contributed by atoms with Gasteiger partial charge < -0.3 is 33.5 Å². The van der Waals surface area contributed by atoms with Crippen molar-refractivity contribution in [1.29, 1.82) is 0 Å². The van der Waals surface area contributed by atoms with Gasteiger partial charge >= 0.3 is 5.97 Å². The van der Waals surface area contributed by atoms with Crippen LogP contribution >= 0.6 is 11.8 Å². The number of rotatable bonds is 7. The second-order valence-electron chi connectivity index (χ2n) is 9.88.